The number of amides is 1. The zero-order chi connectivity index (χ0) is 16.9. The molecule has 0 saturated carbocycles. The Balaban J connectivity index is 1.85. The lowest BCUT2D eigenvalue weighted by atomic mass is 9.88. The molecule has 1 heterocycles. The molecule has 2 aromatic carbocycles. The Kier molecular flexibility index (Phi) is 4.94. The van der Waals surface area contributed by atoms with Crippen molar-refractivity contribution < 1.29 is 14.7 Å². The third kappa shape index (κ3) is 3.48. The Hall–Kier alpha value is -2.62. The number of likely N-dealkylation sites (tertiary alicyclic amines) is 1. The van der Waals surface area contributed by atoms with Crippen LogP contribution in [0.5, 0.6) is 0 Å². The van der Waals surface area contributed by atoms with Crippen LogP contribution in [0, 0.1) is 0 Å². The van der Waals surface area contributed by atoms with Crippen LogP contribution in [-0.2, 0) is 9.59 Å². The van der Waals surface area contributed by atoms with Crippen LogP contribution >= 0.6 is 0 Å². The highest BCUT2D eigenvalue weighted by Crippen LogP contribution is 2.30. The van der Waals surface area contributed by atoms with Gasteiger partial charge < -0.3 is 10.0 Å². The minimum atomic E-state index is -0.906. The van der Waals surface area contributed by atoms with E-state index in [0.717, 1.165) is 17.5 Å². The van der Waals surface area contributed by atoms with E-state index in [-0.39, 0.29) is 18.2 Å². The number of carboxylic acids is 1. The monoisotopic (exact) mass is 323 g/mol. The lowest BCUT2D eigenvalue weighted by molar-refractivity contribution is -0.148. The second-order valence-electron chi connectivity index (χ2n) is 6.16. The van der Waals surface area contributed by atoms with Gasteiger partial charge in [-0.05, 0) is 24.0 Å². The molecule has 1 N–H and O–H groups in total. The molecule has 3 rings (SSSR count). The van der Waals surface area contributed by atoms with Gasteiger partial charge in [0.2, 0.25) is 5.91 Å². The number of nitrogens with zero attached hydrogens (tertiary/aromatic N) is 1. The quantitative estimate of drug-likeness (QED) is 0.918. The molecule has 4 heteroatoms. The number of aliphatic carboxylic acids is 1. The predicted molar refractivity (Wildman–Crippen MR) is 91.7 cm³/mol. The Morgan fingerprint density at radius 2 is 1.54 bits per heavy atom. The molecular weight excluding hydrogens is 302 g/mol. The SMILES string of the molecule is O=C(O)[C@H]1CCCN1C(=O)CC(c1ccccc1)c1ccccc1. The summed E-state index contributed by atoms with van der Waals surface area (Å²) in [5.74, 6) is -1.05. The standard InChI is InChI=1S/C20H21NO3/c22-19(21-13-7-12-18(21)20(23)24)14-17(15-8-3-1-4-9-15)16-10-5-2-6-11-16/h1-6,8-11,17-18H,7,12-14H2,(H,23,24)/t18-/m1/s1. The van der Waals surface area contributed by atoms with Crippen molar-refractivity contribution in [3.63, 3.8) is 0 Å². The van der Waals surface area contributed by atoms with Crippen molar-refractivity contribution in [3.05, 3.63) is 71.8 Å². The van der Waals surface area contributed by atoms with Gasteiger partial charge >= 0.3 is 5.97 Å². The summed E-state index contributed by atoms with van der Waals surface area (Å²) in [4.78, 5) is 25.7. The van der Waals surface area contributed by atoms with Crippen LogP contribution in [0.25, 0.3) is 0 Å². The maximum absolute atomic E-state index is 12.8. The van der Waals surface area contributed by atoms with Gasteiger partial charge in [0, 0.05) is 18.9 Å². The first-order valence-electron chi connectivity index (χ1n) is 8.29. The number of rotatable bonds is 5. The zero-order valence-corrected chi connectivity index (χ0v) is 13.5. The fraction of sp³-hybridized carbons (Fsp3) is 0.300. The molecule has 0 radical (unpaired) electrons. The third-order valence-electron chi connectivity index (χ3n) is 4.64. The molecule has 0 spiro atoms. The molecule has 24 heavy (non-hydrogen) atoms. The second-order valence-corrected chi connectivity index (χ2v) is 6.16. The van der Waals surface area contributed by atoms with Crippen molar-refractivity contribution in [2.45, 2.75) is 31.2 Å². The van der Waals surface area contributed by atoms with Crippen LogP contribution in [0.2, 0.25) is 0 Å². The van der Waals surface area contributed by atoms with E-state index in [1.807, 2.05) is 60.7 Å². The smallest absolute Gasteiger partial charge is 0.326 e. The molecule has 1 amide bonds. The van der Waals surface area contributed by atoms with E-state index in [9.17, 15) is 14.7 Å². The fourth-order valence-electron chi connectivity index (χ4n) is 3.41. The highest BCUT2D eigenvalue weighted by atomic mass is 16.4. The van der Waals surface area contributed by atoms with Crippen LogP contribution in [0.3, 0.4) is 0 Å². The summed E-state index contributed by atoms with van der Waals surface area (Å²) in [7, 11) is 0. The van der Waals surface area contributed by atoms with Crippen molar-refractivity contribution in [1.82, 2.24) is 4.90 Å². The van der Waals surface area contributed by atoms with Crippen LogP contribution in [-0.4, -0.2) is 34.5 Å². The molecule has 2 aromatic rings. The van der Waals surface area contributed by atoms with Crippen molar-refractivity contribution in [2.24, 2.45) is 0 Å². The van der Waals surface area contributed by atoms with E-state index in [1.165, 1.54) is 4.90 Å². The Morgan fingerprint density at radius 1 is 1.00 bits per heavy atom. The number of hydrogen-bond acceptors (Lipinski definition) is 2. The number of benzene rings is 2. The van der Waals surface area contributed by atoms with Crippen molar-refractivity contribution in [1.29, 1.82) is 0 Å². The van der Waals surface area contributed by atoms with Crippen LogP contribution < -0.4 is 0 Å². The van der Waals surface area contributed by atoms with Gasteiger partial charge in [0.05, 0.1) is 0 Å². The molecule has 1 fully saturated rings. The van der Waals surface area contributed by atoms with Gasteiger partial charge in [-0.2, -0.15) is 0 Å². The van der Waals surface area contributed by atoms with Crippen LogP contribution in [0.1, 0.15) is 36.3 Å². The molecule has 1 aliphatic heterocycles. The number of carbonyl (C=O) groups is 2. The van der Waals surface area contributed by atoms with Gasteiger partial charge in [-0.15, -0.1) is 0 Å². The average molecular weight is 323 g/mol. The Labute approximate surface area is 141 Å². The number of carboxylic acid groups (broad SMARTS) is 1. The first-order chi connectivity index (χ1) is 11.7. The first kappa shape index (κ1) is 16.2. The highest BCUT2D eigenvalue weighted by Gasteiger charge is 2.34. The molecular formula is C20H21NO3. The first-order valence-corrected chi connectivity index (χ1v) is 8.29. The van der Waals surface area contributed by atoms with E-state index in [1.54, 1.807) is 0 Å². The average Bonchev–Trinajstić information content (AvgIpc) is 3.11. The van der Waals surface area contributed by atoms with E-state index in [2.05, 4.69) is 0 Å². The maximum Gasteiger partial charge on any atom is 0.326 e. The molecule has 0 unspecified atom stereocenters. The zero-order valence-electron chi connectivity index (χ0n) is 13.5. The second kappa shape index (κ2) is 7.30. The summed E-state index contributed by atoms with van der Waals surface area (Å²) in [6.45, 7) is 0.534. The maximum atomic E-state index is 12.8. The van der Waals surface area contributed by atoms with Gasteiger partial charge in [0.15, 0.2) is 0 Å². The number of carbonyl (C=O) groups excluding carboxylic acids is 1. The van der Waals surface area contributed by atoms with Crippen molar-refractivity contribution in [3.8, 4) is 0 Å². The predicted octanol–water partition coefficient (Wildman–Crippen LogP) is 3.28. The molecule has 0 aromatic heterocycles. The molecule has 4 nitrogen and oxygen atoms in total. The lowest BCUT2D eigenvalue weighted by Crippen LogP contribution is -2.40. The van der Waals surface area contributed by atoms with E-state index >= 15 is 0 Å². The minimum absolute atomic E-state index is 0.0602. The highest BCUT2D eigenvalue weighted by molar-refractivity contribution is 5.85. The summed E-state index contributed by atoms with van der Waals surface area (Å²) in [6, 6.07) is 19.2. The largest absolute Gasteiger partial charge is 0.480 e. The molecule has 1 atom stereocenters. The normalized spacial score (nSPS) is 17.2. The van der Waals surface area contributed by atoms with Gasteiger partial charge in [-0.3, -0.25) is 4.79 Å². The molecule has 0 aliphatic carbocycles. The molecule has 1 saturated heterocycles. The summed E-state index contributed by atoms with van der Waals surface area (Å²) < 4.78 is 0. The van der Waals surface area contributed by atoms with Crippen LogP contribution in [0.15, 0.2) is 60.7 Å². The van der Waals surface area contributed by atoms with Gasteiger partial charge in [-0.25, -0.2) is 4.79 Å². The molecule has 0 bridgehead atoms. The van der Waals surface area contributed by atoms with Gasteiger partial charge in [0.1, 0.15) is 6.04 Å². The lowest BCUT2D eigenvalue weighted by Gasteiger charge is -2.25. The van der Waals surface area contributed by atoms with Crippen molar-refractivity contribution >= 4 is 11.9 Å². The summed E-state index contributed by atoms with van der Waals surface area (Å²) in [5.41, 5.74) is 2.14. The Morgan fingerprint density at radius 3 is 2.04 bits per heavy atom. The van der Waals surface area contributed by atoms with Gasteiger partial charge in [0.25, 0.3) is 0 Å². The van der Waals surface area contributed by atoms with Crippen molar-refractivity contribution in [2.75, 3.05) is 6.54 Å². The topological polar surface area (TPSA) is 57.6 Å². The summed E-state index contributed by atoms with van der Waals surface area (Å²) in [6.07, 6.45) is 1.59. The van der Waals surface area contributed by atoms with Crippen LogP contribution in [0.4, 0.5) is 0 Å². The number of hydrogen-bond donors (Lipinski definition) is 1. The molecule has 124 valence electrons. The van der Waals surface area contributed by atoms with Gasteiger partial charge in [-0.1, -0.05) is 60.7 Å². The molecule has 1 aliphatic rings. The Bertz CT molecular complexity index is 660. The fourth-order valence-corrected chi connectivity index (χ4v) is 3.41. The summed E-state index contributed by atoms with van der Waals surface area (Å²) >= 11 is 0. The minimum Gasteiger partial charge on any atom is -0.480 e. The summed E-state index contributed by atoms with van der Waals surface area (Å²) in [5, 5.41) is 9.31. The van der Waals surface area contributed by atoms with E-state index in [4.69, 9.17) is 0 Å². The third-order valence-corrected chi connectivity index (χ3v) is 4.64. The van der Waals surface area contributed by atoms with E-state index < -0.39 is 12.0 Å². The van der Waals surface area contributed by atoms with E-state index in [0.29, 0.717) is 13.0 Å².